The Morgan fingerprint density at radius 2 is 1.84 bits per heavy atom. The Balaban J connectivity index is 1.80. The van der Waals surface area contributed by atoms with Crippen LogP contribution in [0.3, 0.4) is 0 Å². The number of amides is 2. The third-order valence-electron chi connectivity index (χ3n) is 5.03. The number of carbonyl (C=O) groups is 2. The number of anilines is 1. The van der Waals surface area contributed by atoms with E-state index < -0.39 is 5.60 Å². The van der Waals surface area contributed by atoms with E-state index in [0.717, 1.165) is 23.0 Å². The molecule has 1 saturated heterocycles. The summed E-state index contributed by atoms with van der Waals surface area (Å²) in [5.41, 5.74) is 1.65. The smallest absolute Gasteiger partial charge is 0.410 e. The first-order valence-electron chi connectivity index (χ1n) is 8.67. The first kappa shape index (κ1) is 18.2. The highest BCUT2D eigenvalue weighted by Gasteiger charge is 2.46. The monoisotopic (exact) mass is 408 g/mol. The Hall–Kier alpha value is -1.56. The van der Waals surface area contributed by atoms with Crippen LogP contribution in [-0.4, -0.2) is 42.1 Å². The van der Waals surface area contributed by atoms with Gasteiger partial charge in [-0.05, 0) is 57.4 Å². The second-order valence-corrected chi connectivity index (χ2v) is 8.93. The van der Waals surface area contributed by atoms with Gasteiger partial charge >= 0.3 is 6.09 Å². The summed E-state index contributed by atoms with van der Waals surface area (Å²) in [7, 11) is 0. The molecule has 2 heterocycles. The molecule has 3 rings (SSSR count). The number of halogens is 1. The number of likely N-dealkylation sites (tertiary alicyclic amines) is 1. The van der Waals surface area contributed by atoms with Gasteiger partial charge in [-0.1, -0.05) is 15.9 Å². The van der Waals surface area contributed by atoms with Crippen molar-refractivity contribution in [1.29, 1.82) is 0 Å². The maximum atomic E-state index is 12.3. The maximum absolute atomic E-state index is 12.3. The normalized spacial score (nSPS) is 19.1. The van der Waals surface area contributed by atoms with Crippen LogP contribution in [0.5, 0.6) is 0 Å². The Morgan fingerprint density at radius 1 is 1.20 bits per heavy atom. The Morgan fingerprint density at radius 3 is 2.40 bits per heavy atom. The summed E-state index contributed by atoms with van der Waals surface area (Å²) < 4.78 is 6.51. The molecule has 2 amide bonds. The van der Waals surface area contributed by atoms with Crippen molar-refractivity contribution < 1.29 is 14.3 Å². The van der Waals surface area contributed by atoms with E-state index in [-0.39, 0.29) is 17.4 Å². The Labute approximate surface area is 157 Å². The van der Waals surface area contributed by atoms with Crippen molar-refractivity contribution in [2.75, 3.05) is 24.5 Å². The number of ether oxygens (including phenoxy) is 1. The number of benzene rings is 1. The summed E-state index contributed by atoms with van der Waals surface area (Å²) in [6.45, 7) is 9.24. The standard InChI is InChI=1S/C19H25BrN2O3/c1-13(23)22-12-19(15-11-14(20)5-6-16(15)22)7-9-21(10-8-19)17(24)25-18(2,3)4/h5-6,11H,7-10,12H2,1-4H3. The van der Waals surface area contributed by atoms with Crippen molar-refractivity contribution >= 4 is 33.6 Å². The van der Waals surface area contributed by atoms with E-state index in [1.165, 1.54) is 5.56 Å². The van der Waals surface area contributed by atoms with E-state index in [0.29, 0.717) is 19.6 Å². The van der Waals surface area contributed by atoms with E-state index in [4.69, 9.17) is 4.74 Å². The molecule has 0 N–H and O–H groups in total. The third kappa shape index (κ3) is 3.54. The van der Waals surface area contributed by atoms with Gasteiger partial charge in [-0.25, -0.2) is 4.79 Å². The molecule has 5 nitrogen and oxygen atoms in total. The maximum Gasteiger partial charge on any atom is 0.410 e. The molecule has 0 saturated carbocycles. The molecule has 1 spiro atoms. The second-order valence-electron chi connectivity index (χ2n) is 8.01. The Bertz CT molecular complexity index is 703. The molecule has 136 valence electrons. The van der Waals surface area contributed by atoms with Crippen LogP contribution in [0.2, 0.25) is 0 Å². The van der Waals surface area contributed by atoms with Crippen molar-refractivity contribution in [3.8, 4) is 0 Å². The minimum atomic E-state index is -0.484. The molecular formula is C19H25BrN2O3. The summed E-state index contributed by atoms with van der Waals surface area (Å²) in [6, 6.07) is 6.11. The highest BCUT2D eigenvalue weighted by Crippen LogP contribution is 2.48. The topological polar surface area (TPSA) is 49.9 Å². The van der Waals surface area contributed by atoms with Gasteiger partial charge < -0.3 is 14.5 Å². The van der Waals surface area contributed by atoms with Crippen LogP contribution in [0.15, 0.2) is 22.7 Å². The van der Waals surface area contributed by atoms with Crippen molar-refractivity contribution in [1.82, 2.24) is 4.90 Å². The fourth-order valence-corrected chi connectivity index (χ4v) is 4.15. The molecule has 0 aromatic heterocycles. The van der Waals surface area contributed by atoms with Gasteiger partial charge in [0.1, 0.15) is 5.60 Å². The molecule has 0 atom stereocenters. The van der Waals surface area contributed by atoms with Crippen LogP contribution in [0, 0.1) is 0 Å². The zero-order valence-electron chi connectivity index (χ0n) is 15.3. The molecule has 1 aromatic rings. The van der Waals surface area contributed by atoms with Crippen LogP contribution in [0.4, 0.5) is 10.5 Å². The number of rotatable bonds is 0. The number of hydrogen-bond donors (Lipinski definition) is 0. The lowest BCUT2D eigenvalue weighted by atomic mass is 9.74. The third-order valence-corrected chi connectivity index (χ3v) is 5.53. The molecule has 2 aliphatic rings. The molecule has 2 aliphatic heterocycles. The molecule has 0 unspecified atom stereocenters. The lowest BCUT2D eigenvalue weighted by molar-refractivity contribution is -0.116. The second kappa shape index (κ2) is 6.31. The Kier molecular flexibility index (Phi) is 4.60. The number of hydrogen-bond acceptors (Lipinski definition) is 3. The highest BCUT2D eigenvalue weighted by molar-refractivity contribution is 9.10. The van der Waals surface area contributed by atoms with E-state index in [9.17, 15) is 9.59 Å². The number of fused-ring (bicyclic) bond motifs is 2. The zero-order valence-corrected chi connectivity index (χ0v) is 16.9. The highest BCUT2D eigenvalue weighted by atomic mass is 79.9. The molecule has 25 heavy (non-hydrogen) atoms. The molecule has 6 heteroatoms. The lowest BCUT2D eigenvalue weighted by Gasteiger charge is -2.40. The lowest BCUT2D eigenvalue weighted by Crippen LogP contribution is -2.48. The van der Waals surface area contributed by atoms with Gasteiger partial charge in [0.25, 0.3) is 0 Å². The number of nitrogens with zero attached hydrogens (tertiary/aromatic N) is 2. The molecule has 0 bridgehead atoms. The number of carbonyl (C=O) groups excluding carboxylic acids is 2. The molecule has 0 radical (unpaired) electrons. The van der Waals surface area contributed by atoms with Gasteiger partial charge in [0.15, 0.2) is 0 Å². The largest absolute Gasteiger partial charge is 0.444 e. The minimum absolute atomic E-state index is 0.0648. The fourth-order valence-electron chi connectivity index (χ4n) is 3.79. The predicted molar refractivity (Wildman–Crippen MR) is 101 cm³/mol. The van der Waals surface area contributed by atoms with Gasteiger partial charge in [0, 0.05) is 42.1 Å². The van der Waals surface area contributed by atoms with Crippen LogP contribution >= 0.6 is 15.9 Å². The van der Waals surface area contributed by atoms with Crippen molar-refractivity contribution in [2.45, 2.75) is 51.6 Å². The summed E-state index contributed by atoms with van der Waals surface area (Å²) in [5.74, 6) is 0.0648. The molecule has 0 aliphatic carbocycles. The first-order valence-corrected chi connectivity index (χ1v) is 9.47. The van der Waals surface area contributed by atoms with E-state index in [2.05, 4.69) is 22.0 Å². The van der Waals surface area contributed by atoms with E-state index in [1.54, 1.807) is 11.8 Å². The first-order chi connectivity index (χ1) is 11.6. The predicted octanol–water partition coefficient (Wildman–Crippen LogP) is 4.08. The summed E-state index contributed by atoms with van der Waals surface area (Å²) >= 11 is 3.55. The van der Waals surface area contributed by atoms with Crippen molar-refractivity contribution in [2.24, 2.45) is 0 Å². The minimum Gasteiger partial charge on any atom is -0.444 e. The summed E-state index contributed by atoms with van der Waals surface area (Å²) in [6.07, 6.45) is 1.41. The van der Waals surface area contributed by atoms with Gasteiger partial charge in [-0.15, -0.1) is 0 Å². The van der Waals surface area contributed by atoms with Gasteiger partial charge in [0.2, 0.25) is 5.91 Å². The van der Waals surface area contributed by atoms with Gasteiger partial charge in [-0.3, -0.25) is 4.79 Å². The van der Waals surface area contributed by atoms with Crippen molar-refractivity contribution in [3.63, 3.8) is 0 Å². The number of piperidine rings is 1. The zero-order chi connectivity index (χ0) is 18.4. The SMILES string of the molecule is CC(=O)N1CC2(CCN(C(=O)OC(C)(C)C)CC2)c2cc(Br)ccc21. The average Bonchev–Trinajstić information content (AvgIpc) is 2.81. The van der Waals surface area contributed by atoms with Crippen LogP contribution in [0.1, 0.15) is 46.1 Å². The molecule has 1 fully saturated rings. The quantitative estimate of drug-likeness (QED) is 0.649. The molecule has 1 aromatic carbocycles. The molecular weight excluding hydrogens is 384 g/mol. The van der Waals surface area contributed by atoms with Gasteiger partial charge in [0.05, 0.1) is 0 Å². The van der Waals surface area contributed by atoms with Crippen LogP contribution < -0.4 is 4.90 Å². The van der Waals surface area contributed by atoms with Gasteiger partial charge in [-0.2, -0.15) is 0 Å². The van der Waals surface area contributed by atoms with Crippen LogP contribution in [0.25, 0.3) is 0 Å². The summed E-state index contributed by atoms with van der Waals surface area (Å²) in [4.78, 5) is 28.0. The van der Waals surface area contributed by atoms with Crippen molar-refractivity contribution in [3.05, 3.63) is 28.2 Å². The van der Waals surface area contributed by atoms with E-state index in [1.807, 2.05) is 37.8 Å². The fraction of sp³-hybridized carbons (Fsp3) is 0.579. The van der Waals surface area contributed by atoms with Crippen LogP contribution in [-0.2, 0) is 14.9 Å². The average molecular weight is 409 g/mol. The van der Waals surface area contributed by atoms with E-state index >= 15 is 0 Å². The summed E-state index contributed by atoms with van der Waals surface area (Å²) in [5, 5.41) is 0.